The van der Waals surface area contributed by atoms with E-state index in [0.717, 1.165) is 18.3 Å². The zero-order chi connectivity index (χ0) is 23.7. The van der Waals surface area contributed by atoms with E-state index in [1.54, 1.807) is 5.57 Å². The summed E-state index contributed by atoms with van der Waals surface area (Å²) in [5, 5.41) is 22.3. The van der Waals surface area contributed by atoms with Gasteiger partial charge in [-0.15, -0.1) is 0 Å². The van der Waals surface area contributed by atoms with Crippen molar-refractivity contribution in [2.75, 3.05) is 0 Å². The summed E-state index contributed by atoms with van der Waals surface area (Å²) >= 11 is 0. The Morgan fingerprint density at radius 3 is 2.28 bits per heavy atom. The zero-order valence-corrected chi connectivity index (χ0v) is 22.2. The monoisotopic (exact) mass is 442 g/mol. The molecule has 0 aromatic rings. The predicted molar refractivity (Wildman–Crippen MR) is 134 cm³/mol. The lowest BCUT2D eigenvalue weighted by molar-refractivity contribution is -0.226. The molecule has 32 heavy (non-hydrogen) atoms. The fourth-order valence-corrected chi connectivity index (χ4v) is 9.73. The molecule has 0 amide bonds. The number of aliphatic hydroxyl groups excluding tert-OH is 2. The van der Waals surface area contributed by atoms with Gasteiger partial charge in [-0.05, 0) is 98.7 Å². The van der Waals surface area contributed by atoms with Gasteiger partial charge >= 0.3 is 0 Å². The summed E-state index contributed by atoms with van der Waals surface area (Å²) in [7, 11) is 0. The van der Waals surface area contributed by atoms with Crippen LogP contribution in [0.2, 0.25) is 0 Å². The van der Waals surface area contributed by atoms with E-state index in [2.05, 4.69) is 67.5 Å². The van der Waals surface area contributed by atoms with E-state index in [4.69, 9.17) is 0 Å². The van der Waals surface area contributed by atoms with Gasteiger partial charge in [0.2, 0.25) is 0 Å². The number of fused-ring (bicyclic) bond motifs is 5. The molecule has 0 bridgehead atoms. The van der Waals surface area contributed by atoms with Crippen molar-refractivity contribution in [1.29, 1.82) is 0 Å². The van der Waals surface area contributed by atoms with Crippen LogP contribution in [-0.4, -0.2) is 22.4 Å². The smallest absolute Gasteiger partial charge is 0.0624 e. The van der Waals surface area contributed by atoms with Gasteiger partial charge < -0.3 is 10.2 Å². The van der Waals surface area contributed by atoms with Crippen LogP contribution >= 0.6 is 0 Å². The summed E-state index contributed by atoms with van der Waals surface area (Å²) in [6, 6.07) is 0. The molecule has 0 unspecified atom stereocenters. The average molecular weight is 443 g/mol. The second kappa shape index (κ2) is 7.98. The third-order valence-electron chi connectivity index (χ3n) is 11.6. The highest BCUT2D eigenvalue weighted by Gasteiger charge is 2.67. The minimum atomic E-state index is -0.398. The Hall–Kier alpha value is -0.600. The van der Waals surface area contributed by atoms with Crippen molar-refractivity contribution in [3.05, 3.63) is 23.3 Å². The van der Waals surface area contributed by atoms with Crippen molar-refractivity contribution in [2.45, 2.75) is 119 Å². The first-order chi connectivity index (χ1) is 14.8. The molecule has 4 aliphatic rings. The van der Waals surface area contributed by atoms with Crippen LogP contribution in [0.1, 0.15) is 107 Å². The van der Waals surface area contributed by atoms with Crippen LogP contribution in [0.15, 0.2) is 23.3 Å². The van der Waals surface area contributed by atoms with Crippen LogP contribution in [0.3, 0.4) is 0 Å². The van der Waals surface area contributed by atoms with E-state index in [0.29, 0.717) is 23.7 Å². The molecular weight excluding hydrogens is 392 g/mol. The van der Waals surface area contributed by atoms with Gasteiger partial charge in [-0.3, -0.25) is 0 Å². The maximum absolute atomic E-state index is 11.4. The van der Waals surface area contributed by atoms with Crippen LogP contribution in [0.25, 0.3) is 0 Å². The highest BCUT2D eigenvalue weighted by molar-refractivity contribution is 5.35. The first-order valence-corrected chi connectivity index (χ1v) is 13.5. The lowest BCUT2D eigenvalue weighted by Crippen LogP contribution is -2.66. The van der Waals surface area contributed by atoms with Crippen LogP contribution in [0.5, 0.6) is 0 Å². The molecule has 182 valence electrons. The van der Waals surface area contributed by atoms with Crippen LogP contribution in [0, 0.1) is 45.3 Å². The molecule has 3 saturated carbocycles. The highest BCUT2D eigenvalue weighted by Crippen LogP contribution is 2.73. The minimum Gasteiger partial charge on any atom is -0.392 e. The van der Waals surface area contributed by atoms with Crippen molar-refractivity contribution in [1.82, 2.24) is 0 Å². The van der Waals surface area contributed by atoms with E-state index in [1.807, 2.05) is 0 Å². The lowest BCUT2D eigenvalue weighted by atomic mass is 9.37. The summed E-state index contributed by atoms with van der Waals surface area (Å²) in [6.45, 7) is 18.9. The molecule has 3 fully saturated rings. The molecular formula is C30H50O2. The summed E-state index contributed by atoms with van der Waals surface area (Å²) in [6.07, 6.45) is 13.3. The molecule has 2 N–H and O–H groups in total. The fraction of sp³-hybridized carbons (Fsp3) is 0.867. The number of rotatable bonds is 4. The van der Waals surface area contributed by atoms with Gasteiger partial charge in [0.05, 0.1) is 12.2 Å². The fourth-order valence-electron chi connectivity index (χ4n) is 9.73. The first kappa shape index (κ1) is 24.5. The third kappa shape index (κ3) is 3.33. The number of aliphatic hydroxyl groups is 2. The van der Waals surface area contributed by atoms with Crippen LogP contribution in [0.4, 0.5) is 0 Å². The van der Waals surface area contributed by atoms with Gasteiger partial charge in [-0.1, -0.05) is 64.8 Å². The molecule has 9 atom stereocenters. The van der Waals surface area contributed by atoms with Gasteiger partial charge in [0.1, 0.15) is 0 Å². The molecule has 2 heteroatoms. The van der Waals surface area contributed by atoms with Gasteiger partial charge in [-0.25, -0.2) is 0 Å². The van der Waals surface area contributed by atoms with Crippen molar-refractivity contribution in [2.24, 2.45) is 45.3 Å². The van der Waals surface area contributed by atoms with Crippen molar-refractivity contribution < 1.29 is 10.2 Å². The molecule has 0 radical (unpaired) electrons. The van der Waals surface area contributed by atoms with Gasteiger partial charge in [0, 0.05) is 11.8 Å². The van der Waals surface area contributed by atoms with E-state index in [1.165, 1.54) is 44.1 Å². The Morgan fingerprint density at radius 2 is 1.62 bits per heavy atom. The van der Waals surface area contributed by atoms with Crippen molar-refractivity contribution >= 4 is 0 Å². The SMILES string of the molecule is CC(C)=CCC[C@@H](C)[C@H]1CC=C2[C@]3(C)CC[C@H]4C(C)(C)[C@@H](O)C[C@@H](O)[C@]4(C)[C@H]3CC[C@]21C. The quantitative estimate of drug-likeness (QED) is 0.448. The minimum absolute atomic E-state index is 0.106. The number of hydrogen-bond donors (Lipinski definition) is 2. The Balaban J connectivity index is 1.62. The average Bonchev–Trinajstić information content (AvgIpc) is 3.04. The predicted octanol–water partition coefficient (Wildman–Crippen LogP) is 7.31. The second-order valence-corrected chi connectivity index (χ2v) is 13.8. The molecule has 4 rings (SSSR count). The molecule has 0 heterocycles. The molecule has 0 saturated heterocycles. The standard InChI is InChI=1S/C30H50O2/c1-19(2)10-9-11-20(3)21-12-13-23-28(21,6)16-15-24-29(23,7)17-14-22-27(4,5)25(31)18-26(32)30(22,24)8/h10,13,20-22,24-26,31-32H,9,11-12,14-18H2,1-8H3/t20-,21-,22+,24+,25+,26-,28+,29+,30+/m1/s1. The van der Waals surface area contributed by atoms with Gasteiger partial charge in [0.25, 0.3) is 0 Å². The summed E-state index contributed by atoms with van der Waals surface area (Å²) in [4.78, 5) is 0. The Bertz CT molecular complexity index is 789. The van der Waals surface area contributed by atoms with Crippen molar-refractivity contribution in [3.63, 3.8) is 0 Å². The number of hydrogen-bond acceptors (Lipinski definition) is 2. The number of allylic oxidation sites excluding steroid dienone is 4. The summed E-state index contributed by atoms with van der Waals surface area (Å²) < 4.78 is 0. The molecule has 2 nitrogen and oxygen atoms in total. The van der Waals surface area contributed by atoms with Crippen LogP contribution < -0.4 is 0 Å². The molecule has 0 aromatic carbocycles. The van der Waals surface area contributed by atoms with E-state index >= 15 is 0 Å². The Morgan fingerprint density at radius 1 is 1.00 bits per heavy atom. The Labute approximate surface area is 198 Å². The van der Waals surface area contributed by atoms with E-state index < -0.39 is 12.2 Å². The van der Waals surface area contributed by atoms with Gasteiger partial charge in [0.15, 0.2) is 0 Å². The lowest BCUT2D eigenvalue weighted by Gasteiger charge is -2.68. The molecule has 4 aliphatic carbocycles. The largest absolute Gasteiger partial charge is 0.392 e. The molecule has 0 aliphatic heterocycles. The van der Waals surface area contributed by atoms with E-state index in [-0.39, 0.29) is 16.2 Å². The van der Waals surface area contributed by atoms with E-state index in [9.17, 15) is 10.2 Å². The third-order valence-corrected chi connectivity index (χ3v) is 11.6. The molecule has 0 aromatic heterocycles. The maximum Gasteiger partial charge on any atom is 0.0624 e. The second-order valence-electron chi connectivity index (χ2n) is 13.8. The zero-order valence-electron chi connectivity index (χ0n) is 22.2. The van der Waals surface area contributed by atoms with Crippen LogP contribution in [-0.2, 0) is 0 Å². The van der Waals surface area contributed by atoms with Crippen molar-refractivity contribution in [3.8, 4) is 0 Å². The summed E-state index contributed by atoms with van der Waals surface area (Å²) in [5.41, 5.74) is 3.44. The van der Waals surface area contributed by atoms with Gasteiger partial charge in [-0.2, -0.15) is 0 Å². The Kier molecular flexibility index (Phi) is 6.11. The highest BCUT2D eigenvalue weighted by atomic mass is 16.3. The maximum atomic E-state index is 11.4. The first-order valence-electron chi connectivity index (χ1n) is 13.5. The topological polar surface area (TPSA) is 40.5 Å². The molecule has 0 spiro atoms. The normalized spacial score (nSPS) is 48.2. The summed E-state index contributed by atoms with van der Waals surface area (Å²) in [5.74, 6) is 2.39.